The van der Waals surface area contributed by atoms with Crippen LogP contribution in [-0.4, -0.2) is 30.3 Å². The maximum Gasteiger partial charge on any atom is 0.340 e. The molecular formula is C13H18N2O3. The second kappa shape index (κ2) is 5.82. The number of nitrogens with two attached hydrogens (primary N) is 1. The number of methoxy groups -OCH3 is 1. The van der Waals surface area contributed by atoms with Crippen LogP contribution in [0.3, 0.4) is 0 Å². The van der Waals surface area contributed by atoms with Crippen LogP contribution in [-0.2, 0) is 9.47 Å². The third-order valence-electron chi connectivity index (χ3n) is 3.18. The first-order valence-corrected chi connectivity index (χ1v) is 6.13. The molecule has 1 aliphatic carbocycles. The maximum atomic E-state index is 11.9. The van der Waals surface area contributed by atoms with Crippen LogP contribution in [0.2, 0.25) is 0 Å². The molecule has 1 aliphatic rings. The fourth-order valence-corrected chi connectivity index (χ4v) is 2.21. The largest absolute Gasteiger partial charge is 0.459 e. The van der Waals surface area contributed by atoms with E-state index in [1.54, 1.807) is 13.2 Å². The molecule has 2 atom stereocenters. The SMILES string of the molecule is COC1CCCC(OC(=O)c2cncc(N)c2)C1. The molecule has 2 unspecified atom stereocenters. The molecule has 0 saturated heterocycles. The van der Waals surface area contributed by atoms with Crippen molar-refractivity contribution in [2.24, 2.45) is 0 Å². The lowest BCUT2D eigenvalue weighted by Crippen LogP contribution is -2.29. The Morgan fingerprint density at radius 2 is 2.17 bits per heavy atom. The molecule has 1 saturated carbocycles. The maximum absolute atomic E-state index is 11.9. The van der Waals surface area contributed by atoms with Crippen LogP contribution >= 0.6 is 0 Å². The summed E-state index contributed by atoms with van der Waals surface area (Å²) in [6.07, 6.45) is 6.79. The Morgan fingerprint density at radius 3 is 2.89 bits per heavy atom. The van der Waals surface area contributed by atoms with Gasteiger partial charge in [-0.1, -0.05) is 0 Å². The standard InChI is InChI=1S/C13H18N2O3/c1-17-11-3-2-4-12(6-11)18-13(16)9-5-10(14)8-15-7-9/h5,7-8,11-12H,2-4,6,14H2,1H3. The molecule has 0 spiro atoms. The number of anilines is 1. The van der Waals surface area contributed by atoms with Crippen molar-refractivity contribution < 1.29 is 14.3 Å². The molecule has 2 N–H and O–H groups in total. The number of carbonyl (C=O) groups excluding carboxylic acids is 1. The van der Waals surface area contributed by atoms with Crippen LogP contribution in [0, 0.1) is 0 Å². The van der Waals surface area contributed by atoms with Crippen molar-refractivity contribution in [1.82, 2.24) is 4.98 Å². The van der Waals surface area contributed by atoms with E-state index in [2.05, 4.69) is 4.98 Å². The summed E-state index contributed by atoms with van der Waals surface area (Å²) in [5.74, 6) is -0.364. The first-order valence-electron chi connectivity index (χ1n) is 6.13. The van der Waals surface area contributed by atoms with Gasteiger partial charge in [0.05, 0.1) is 17.4 Å². The van der Waals surface area contributed by atoms with E-state index in [4.69, 9.17) is 15.2 Å². The molecule has 0 aromatic carbocycles. The highest BCUT2D eigenvalue weighted by molar-refractivity contribution is 5.90. The number of nitrogen functional groups attached to an aromatic ring is 1. The third-order valence-corrected chi connectivity index (χ3v) is 3.18. The highest BCUT2D eigenvalue weighted by atomic mass is 16.5. The van der Waals surface area contributed by atoms with Gasteiger partial charge in [-0.05, 0) is 25.3 Å². The van der Waals surface area contributed by atoms with E-state index < -0.39 is 0 Å². The van der Waals surface area contributed by atoms with Crippen molar-refractivity contribution in [3.05, 3.63) is 24.0 Å². The molecule has 2 rings (SSSR count). The fourth-order valence-electron chi connectivity index (χ4n) is 2.21. The second-order valence-electron chi connectivity index (χ2n) is 4.56. The second-order valence-corrected chi connectivity index (χ2v) is 4.56. The van der Waals surface area contributed by atoms with Gasteiger partial charge in [0.1, 0.15) is 6.10 Å². The summed E-state index contributed by atoms with van der Waals surface area (Å²) in [4.78, 5) is 15.8. The zero-order valence-electron chi connectivity index (χ0n) is 10.5. The molecule has 5 nitrogen and oxygen atoms in total. The van der Waals surface area contributed by atoms with E-state index in [1.165, 1.54) is 12.4 Å². The normalized spacial score (nSPS) is 23.6. The number of hydrogen-bond donors (Lipinski definition) is 1. The summed E-state index contributed by atoms with van der Waals surface area (Å²) in [6, 6.07) is 1.58. The lowest BCUT2D eigenvalue weighted by Gasteiger charge is -2.27. The molecular weight excluding hydrogens is 232 g/mol. The fraction of sp³-hybridized carbons (Fsp3) is 0.538. The Balaban J connectivity index is 1.95. The smallest absolute Gasteiger partial charge is 0.340 e. The molecule has 18 heavy (non-hydrogen) atoms. The first-order chi connectivity index (χ1) is 8.69. The van der Waals surface area contributed by atoms with Crippen LogP contribution in [0.4, 0.5) is 5.69 Å². The quantitative estimate of drug-likeness (QED) is 0.828. The van der Waals surface area contributed by atoms with Crippen molar-refractivity contribution in [2.45, 2.75) is 37.9 Å². The molecule has 5 heteroatoms. The van der Waals surface area contributed by atoms with Crippen LogP contribution < -0.4 is 5.73 Å². The predicted molar refractivity (Wildman–Crippen MR) is 67.1 cm³/mol. The summed E-state index contributed by atoms with van der Waals surface area (Å²) in [6.45, 7) is 0. The van der Waals surface area contributed by atoms with E-state index in [0.717, 1.165) is 25.7 Å². The Bertz CT molecular complexity index is 422. The number of aromatic nitrogens is 1. The summed E-state index contributed by atoms with van der Waals surface area (Å²) in [5.41, 5.74) is 6.44. The van der Waals surface area contributed by atoms with Gasteiger partial charge in [-0.3, -0.25) is 4.98 Å². The van der Waals surface area contributed by atoms with Gasteiger partial charge in [0.2, 0.25) is 0 Å². The molecule has 0 amide bonds. The highest BCUT2D eigenvalue weighted by Crippen LogP contribution is 2.24. The lowest BCUT2D eigenvalue weighted by atomic mass is 9.95. The number of pyridine rings is 1. The Labute approximate surface area is 106 Å². The number of nitrogens with zero attached hydrogens (tertiary/aromatic N) is 1. The Morgan fingerprint density at radius 1 is 1.39 bits per heavy atom. The van der Waals surface area contributed by atoms with Crippen LogP contribution in [0.1, 0.15) is 36.0 Å². The predicted octanol–water partition coefficient (Wildman–Crippen LogP) is 1.78. The minimum atomic E-state index is -0.364. The number of esters is 1. The molecule has 98 valence electrons. The van der Waals surface area contributed by atoms with Gasteiger partial charge in [-0.25, -0.2) is 4.79 Å². The van der Waals surface area contributed by atoms with E-state index in [0.29, 0.717) is 11.3 Å². The lowest BCUT2D eigenvalue weighted by molar-refractivity contribution is -0.0149. The number of hydrogen-bond acceptors (Lipinski definition) is 5. The zero-order chi connectivity index (χ0) is 13.0. The molecule has 1 fully saturated rings. The van der Waals surface area contributed by atoms with E-state index in [1.807, 2.05) is 0 Å². The Hall–Kier alpha value is -1.62. The summed E-state index contributed by atoms with van der Waals surface area (Å²) >= 11 is 0. The highest BCUT2D eigenvalue weighted by Gasteiger charge is 2.25. The summed E-state index contributed by atoms with van der Waals surface area (Å²) in [7, 11) is 1.69. The van der Waals surface area contributed by atoms with Gasteiger partial charge in [0.25, 0.3) is 0 Å². The van der Waals surface area contributed by atoms with Crippen molar-refractivity contribution in [2.75, 3.05) is 12.8 Å². The van der Waals surface area contributed by atoms with Crippen molar-refractivity contribution in [3.8, 4) is 0 Å². The van der Waals surface area contributed by atoms with Gasteiger partial charge in [0, 0.05) is 25.9 Å². The van der Waals surface area contributed by atoms with Gasteiger partial charge in [0.15, 0.2) is 0 Å². The van der Waals surface area contributed by atoms with Gasteiger partial charge < -0.3 is 15.2 Å². The molecule has 1 aromatic heterocycles. The van der Waals surface area contributed by atoms with Crippen molar-refractivity contribution in [1.29, 1.82) is 0 Å². The minimum absolute atomic E-state index is 0.0716. The molecule has 0 bridgehead atoms. The van der Waals surface area contributed by atoms with Gasteiger partial charge >= 0.3 is 5.97 Å². The van der Waals surface area contributed by atoms with Crippen LogP contribution in [0.15, 0.2) is 18.5 Å². The van der Waals surface area contributed by atoms with Crippen LogP contribution in [0.25, 0.3) is 0 Å². The Kier molecular flexibility index (Phi) is 4.15. The van der Waals surface area contributed by atoms with E-state index >= 15 is 0 Å². The molecule has 1 heterocycles. The first kappa shape index (κ1) is 12.8. The number of carbonyl (C=O) groups is 1. The zero-order valence-corrected chi connectivity index (χ0v) is 10.5. The average molecular weight is 250 g/mol. The van der Waals surface area contributed by atoms with Gasteiger partial charge in [-0.2, -0.15) is 0 Å². The number of rotatable bonds is 3. The molecule has 0 radical (unpaired) electrons. The topological polar surface area (TPSA) is 74.4 Å². The monoisotopic (exact) mass is 250 g/mol. The third kappa shape index (κ3) is 3.20. The average Bonchev–Trinajstić information content (AvgIpc) is 2.39. The van der Waals surface area contributed by atoms with Crippen molar-refractivity contribution >= 4 is 11.7 Å². The summed E-state index contributed by atoms with van der Waals surface area (Å²) < 4.78 is 10.8. The number of ether oxygens (including phenoxy) is 2. The van der Waals surface area contributed by atoms with Crippen LogP contribution in [0.5, 0.6) is 0 Å². The van der Waals surface area contributed by atoms with E-state index in [-0.39, 0.29) is 18.2 Å². The minimum Gasteiger partial charge on any atom is -0.459 e. The van der Waals surface area contributed by atoms with Gasteiger partial charge in [-0.15, -0.1) is 0 Å². The molecule has 0 aliphatic heterocycles. The summed E-state index contributed by atoms with van der Waals surface area (Å²) in [5, 5.41) is 0. The van der Waals surface area contributed by atoms with E-state index in [9.17, 15) is 4.79 Å². The van der Waals surface area contributed by atoms with Crippen molar-refractivity contribution in [3.63, 3.8) is 0 Å². The molecule has 1 aromatic rings.